The SMILES string of the molecule is C#Cc1cccc2cncc(C=O)c12. The molecule has 0 aliphatic carbocycles. The third kappa shape index (κ3) is 1.16. The summed E-state index contributed by atoms with van der Waals surface area (Å²) in [5, 5.41) is 1.70. The standard InChI is InChI=1S/C12H7NO/c1-2-9-4-3-5-10-6-13-7-11(8-14)12(9)10/h1,3-8H. The highest BCUT2D eigenvalue weighted by molar-refractivity contribution is 6.00. The number of rotatable bonds is 1. The van der Waals surface area contributed by atoms with Crippen LogP contribution in [0.3, 0.4) is 0 Å². The lowest BCUT2D eigenvalue weighted by Crippen LogP contribution is -1.88. The number of hydrogen-bond donors (Lipinski definition) is 0. The van der Waals surface area contributed by atoms with Crippen molar-refractivity contribution in [3.8, 4) is 12.3 Å². The Kier molecular flexibility index (Phi) is 2.00. The highest BCUT2D eigenvalue weighted by Gasteiger charge is 2.03. The summed E-state index contributed by atoms with van der Waals surface area (Å²) in [4.78, 5) is 14.7. The van der Waals surface area contributed by atoms with Crippen molar-refractivity contribution in [3.05, 3.63) is 41.7 Å². The number of carbonyl (C=O) groups is 1. The summed E-state index contributed by atoms with van der Waals surface area (Å²) in [7, 11) is 0. The van der Waals surface area contributed by atoms with E-state index in [9.17, 15) is 4.79 Å². The molecule has 1 aromatic carbocycles. The Bertz CT molecular complexity index is 532. The van der Waals surface area contributed by atoms with Gasteiger partial charge in [-0.1, -0.05) is 18.1 Å². The van der Waals surface area contributed by atoms with E-state index in [1.165, 1.54) is 6.20 Å². The number of hydrogen-bond acceptors (Lipinski definition) is 2. The molecule has 0 unspecified atom stereocenters. The molecule has 0 atom stereocenters. The van der Waals surface area contributed by atoms with Crippen molar-refractivity contribution in [1.82, 2.24) is 4.98 Å². The van der Waals surface area contributed by atoms with Crippen LogP contribution in [0.15, 0.2) is 30.6 Å². The molecule has 0 bridgehead atoms. The Balaban J connectivity index is 2.97. The largest absolute Gasteiger partial charge is 0.298 e. The number of carbonyl (C=O) groups excluding carboxylic acids is 1. The van der Waals surface area contributed by atoms with E-state index in [4.69, 9.17) is 6.42 Å². The van der Waals surface area contributed by atoms with E-state index in [2.05, 4.69) is 10.9 Å². The molecule has 0 aliphatic heterocycles. The minimum absolute atomic E-state index is 0.538. The van der Waals surface area contributed by atoms with Crippen LogP contribution in [0, 0.1) is 12.3 Å². The molecule has 0 spiro atoms. The van der Waals surface area contributed by atoms with Crippen LogP contribution in [-0.4, -0.2) is 11.3 Å². The molecule has 14 heavy (non-hydrogen) atoms. The van der Waals surface area contributed by atoms with Crippen molar-refractivity contribution in [2.45, 2.75) is 0 Å². The van der Waals surface area contributed by atoms with Crippen LogP contribution in [-0.2, 0) is 0 Å². The van der Waals surface area contributed by atoms with Gasteiger partial charge in [0.25, 0.3) is 0 Å². The van der Waals surface area contributed by atoms with E-state index in [1.807, 2.05) is 18.2 Å². The highest BCUT2D eigenvalue weighted by Crippen LogP contribution is 2.19. The number of benzene rings is 1. The van der Waals surface area contributed by atoms with Gasteiger partial charge in [-0.25, -0.2) is 0 Å². The van der Waals surface area contributed by atoms with Gasteiger partial charge in [0.1, 0.15) is 0 Å². The van der Waals surface area contributed by atoms with E-state index in [-0.39, 0.29) is 0 Å². The Morgan fingerprint density at radius 3 is 2.93 bits per heavy atom. The zero-order chi connectivity index (χ0) is 9.97. The second kappa shape index (κ2) is 3.31. The number of nitrogens with zero attached hydrogens (tertiary/aromatic N) is 1. The molecule has 2 rings (SSSR count). The first kappa shape index (κ1) is 8.46. The minimum Gasteiger partial charge on any atom is -0.298 e. The van der Waals surface area contributed by atoms with Gasteiger partial charge in [-0.3, -0.25) is 9.78 Å². The average molecular weight is 181 g/mol. The number of aldehydes is 1. The topological polar surface area (TPSA) is 30.0 Å². The van der Waals surface area contributed by atoms with Crippen molar-refractivity contribution in [1.29, 1.82) is 0 Å². The predicted octanol–water partition coefficient (Wildman–Crippen LogP) is 2.03. The van der Waals surface area contributed by atoms with Gasteiger partial charge in [-0.2, -0.15) is 0 Å². The Morgan fingerprint density at radius 2 is 2.21 bits per heavy atom. The first-order valence-electron chi connectivity index (χ1n) is 4.15. The van der Waals surface area contributed by atoms with Crippen LogP contribution >= 0.6 is 0 Å². The third-order valence-corrected chi connectivity index (χ3v) is 2.10. The first-order chi connectivity index (χ1) is 6.86. The molecule has 0 amide bonds. The number of terminal acetylenes is 1. The van der Waals surface area contributed by atoms with E-state index in [1.54, 1.807) is 6.20 Å². The number of pyridine rings is 1. The Morgan fingerprint density at radius 1 is 1.36 bits per heavy atom. The van der Waals surface area contributed by atoms with E-state index < -0.39 is 0 Å². The molecule has 0 aliphatic rings. The molecule has 0 fully saturated rings. The van der Waals surface area contributed by atoms with Crippen LogP contribution in [0.5, 0.6) is 0 Å². The van der Waals surface area contributed by atoms with Crippen molar-refractivity contribution < 1.29 is 4.79 Å². The second-order valence-electron chi connectivity index (χ2n) is 2.89. The molecule has 1 heterocycles. The summed E-state index contributed by atoms with van der Waals surface area (Å²) in [5.41, 5.74) is 1.27. The fourth-order valence-electron chi connectivity index (χ4n) is 1.47. The zero-order valence-electron chi connectivity index (χ0n) is 7.40. The summed E-state index contributed by atoms with van der Waals surface area (Å²) in [5.74, 6) is 2.56. The molecule has 1 aromatic heterocycles. The molecule has 66 valence electrons. The molecule has 2 heteroatoms. The summed E-state index contributed by atoms with van der Waals surface area (Å²) in [6.45, 7) is 0. The minimum atomic E-state index is 0.538. The van der Waals surface area contributed by atoms with Crippen LogP contribution in [0.25, 0.3) is 10.8 Å². The van der Waals surface area contributed by atoms with Gasteiger partial charge in [0, 0.05) is 34.3 Å². The van der Waals surface area contributed by atoms with Crippen LogP contribution in [0.1, 0.15) is 15.9 Å². The Labute approximate surface area is 81.6 Å². The first-order valence-corrected chi connectivity index (χ1v) is 4.15. The fourth-order valence-corrected chi connectivity index (χ4v) is 1.47. The molecule has 2 aromatic rings. The van der Waals surface area contributed by atoms with Crippen molar-refractivity contribution in [3.63, 3.8) is 0 Å². The van der Waals surface area contributed by atoms with Crippen molar-refractivity contribution in [2.75, 3.05) is 0 Å². The number of fused-ring (bicyclic) bond motifs is 1. The zero-order valence-corrected chi connectivity index (χ0v) is 7.40. The molecule has 2 nitrogen and oxygen atoms in total. The Hall–Kier alpha value is -2.14. The summed E-state index contributed by atoms with van der Waals surface area (Å²) in [6, 6.07) is 5.55. The normalized spacial score (nSPS) is 9.64. The quantitative estimate of drug-likeness (QED) is 0.497. The maximum Gasteiger partial charge on any atom is 0.152 e. The van der Waals surface area contributed by atoms with Crippen molar-refractivity contribution in [2.24, 2.45) is 0 Å². The molecule has 0 radical (unpaired) electrons. The monoisotopic (exact) mass is 181 g/mol. The summed E-state index contributed by atoms with van der Waals surface area (Å²) in [6.07, 6.45) is 9.35. The molecular weight excluding hydrogens is 174 g/mol. The van der Waals surface area contributed by atoms with Gasteiger partial charge < -0.3 is 0 Å². The second-order valence-corrected chi connectivity index (χ2v) is 2.89. The maximum absolute atomic E-state index is 10.8. The lowest BCUT2D eigenvalue weighted by atomic mass is 10.0. The van der Waals surface area contributed by atoms with E-state index >= 15 is 0 Å². The summed E-state index contributed by atoms with van der Waals surface area (Å²) < 4.78 is 0. The van der Waals surface area contributed by atoms with Crippen LogP contribution in [0.4, 0.5) is 0 Å². The smallest absolute Gasteiger partial charge is 0.152 e. The van der Waals surface area contributed by atoms with Gasteiger partial charge in [-0.05, 0) is 6.07 Å². The van der Waals surface area contributed by atoms with Crippen LogP contribution in [0.2, 0.25) is 0 Å². The molecule has 0 saturated heterocycles. The van der Waals surface area contributed by atoms with E-state index in [0.717, 1.165) is 22.6 Å². The van der Waals surface area contributed by atoms with Gasteiger partial charge in [0.2, 0.25) is 0 Å². The van der Waals surface area contributed by atoms with Gasteiger partial charge in [-0.15, -0.1) is 6.42 Å². The predicted molar refractivity (Wildman–Crippen MR) is 55.1 cm³/mol. The fraction of sp³-hybridized carbons (Fsp3) is 0. The number of aromatic nitrogens is 1. The van der Waals surface area contributed by atoms with Gasteiger partial charge in [0.15, 0.2) is 6.29 Å². The molecule has 0 N–H and O–H groups in total. The van der Waals surface area contributed by atoms with Gasteiger partial charge >= 0.3 is 0 Å². The van der Waals surface area contributed by atoms with Gasteiger partial charge in [0.05, 0.1) is 0 Å². The maximum atomic E-state index is 10.8. The third-order valence-electron chi connectivity index (χ3n) is 2.10. The van der Waals surface area contributed by atoms with E-state index in [0.29, 0.717) is 5.56 Å². The lowest BCUT2D eigenvalue weighted by Gasteiger charge is -2.02. The van der Waals surface area contributed by atoms with Crippen LogP contribution < -0.4 is 0 Å². The molecular formula is C12H7NO. The average Bonchev–Trinajstić information content (AvgIpc) is 2.27. The lowest BCUT2D eigenvalue weighted by molar-refractivity contribution is 0.112. The highest BCUT2D eigenvalue weighted by atomic mass is 16.1. The van der Waals surface area contributed by atoms with Crippen molar-refractivity contribution >= 4 is 17.1 Å². The summed E-state index contributed by atoms with van der Waals surface area (Å²) >= 11 is 0. The molecule has 0 saturated carbocycles.